The lowest BCUT2D eigenvalue weighted by Gasteiger charge is -2.04. The number of hydrogen-bond donors (Lipinski definition) is 1. The average molecular weight is 232 g/mol. The summed E-state index contributed by atoms with van der Waals surface area (Å²) in [5.41, 5.74) is 2.61. The predicted octanol–water partition coefficient (Wildman–Crippen LogP) is 1.19. The molecular formula is C11H12N4O2. The van der Waals surface area contributed by atoms with Crippen molar-refractivity contribution < 1.29 is 9.90 Å². The Labute approximate surface area is 98.0 Å². The second-order valence-corrected chi connectivity index (χ2v) is 3.78. The van der Waals surface area contributed by atoms with Crippen LogP contribution in [0.1, 0.15) is 21.9 Å². The Kier molecular flexibility index (Phi) is 2.63. The van der Waals surface area contributed by atoms with Gasteiger partial charge in [-0.15, -0.1) is 0 Å². The summed E-state index contributed by atoms with van der Waals surface area (Å²) in [7, 11) is 1.59. The summed E-state index contributed by atoms with van der Waals surface area (Å²) in [5.74, 6) is -1.03. The molecule has 0 fully saturated rings. The SMILES string of the molecule is Cc1cnc(C)c(-c2cnn(C)c2C(=O)O)n1. The molecule has 2 aromatic rings. The van der Waals surface area contributed by atoms with Gasteiger partial charge in [0.15, 0.2) is 5.69 Å². The summed E-state index contributed by atoms with van der Waals surface area (Å²) >= 11 is 0. The van der Waals surface area contributed by atoms with E-state index in [1.165, 1.54) is 10.9 Å². The van der Waals surface area contributed by atoms with Crippen LogP contribution in [0.4, 0.5) is 0 Å². The van der Waals surface area contributed by atoms with Crippen molar-refractivity contribution in [2.45, 2.75) is 13.8 Å². The summed E-state index contributed by atoms with van der Waals surface area (Å²) in [5, 5.41) is 13.1. The molecular weight excluding hydrogens is 220 g/mol. The third-order valence-corrected chi connectivity index (χ3v) is 2.47. The summed E-state index contributed by atoms with van der Waals surface area (Å²) in [4.78, 5) is 19.7. The van der Waals surface area contributed by atoms with E-state index in [9.17, 15) is 4.79 Å². The minimum absolute atomic E-state index is 0.119. The molecule has 0 aliphatic rings. The molecule has 0 atom stereocenters. The number of carboxylic acid groups (broad SMARTS) is 1. The standard InChI is InChI=1S/C11H12N4O2/c1-6-4-12-7(2)9(14-6)8-5-13-15(3)10(8)11(16)17/h4-5H,1-3H3,(H,16,17). The smallest absolute Gasteiger partial charge is 0.354 e. The largest absolute Gasteiger partial charge is 0.477 e. The summed E-state index contributed by atoms with van der Waals surface area (Å²) < 4.78 is 1.32. The van der Waals surface area contributed by atoms with E-state index < -0.39 is 5.97 Å². The molecule has 0 aliphatic carbocycles. The third-order valence-electron chi connectivity index (χ3n) is 2.47. The highest BCUT2D eigenvalue weighted by Gasteiger charge is 2.19. The molecule has 1 N–H and O–H groups in total. The Morgan fingerprint density at radius 2 is 2.06 bits per heavy atom. The minimum atomic E-state index is -1.03. The molecule has 2 aromatic heterocycles. The van der Waals surface area contributed by atoms with E-state index in [1.54, 1.807) is 20.2 Å². The molecule has 0 unspecified atom stereocenters. The molecule has 17 heavy (non-hydrogen) atoms. The van der Waals surface area contributed by atoms with E-state index in [4.69, 9.17) is 5.11 Å². The van der Waals surface area contributed by atoms with Crippen LogP contribution in [0.3, 0.4) is 0 Å². The normalized spacial score (nSPS) is 10.5. The van der Waals surface area contributed by atoms with Crippen LogP contribution in [0, 0.1) is 13.8 Å². The Morgan fingerprint density at radius 3 is 2.71 bits per heavy atom. The first-order chi connectivity index (χ1) is 8.00. The van der Waals surface area contributed by atoms with Crippen molar-refractivity contribution in [3.05, 3.63) is 29.5 Å². The first-order valence-corrected chi connectivity index (χ1v) is 5.06. The van der Waals surface area contributed by atoms with E-state index in [0.717, 1.165) is 5.69 Å². The van der Waals surface area contributed by atoms with Crippen molar-refractivity contribution >= 4 is 5.97 Å². The molecule has 88 valence electrons. The van der Waals surface area contributed by atoms with Gasteiger partial charge >= 0.3 is 5.97 Å². The number of carboxylic acids is 1. The molecule has 0 spiro atoms. The highest BCUT2D eigenvalue weighted by atomic mass is 16.4. The molecule has 0 aliphatic heterocycles. The maximum Gasteiger partial charge on any atom is 0.354 e. The lowest BCUT2D eigenvalue weighted by atomic mass is 10.1. The predicted molar refractivity (Wildman–Crippen MR) is 60.7 cm³/mol. The molecule has 6 heteroatoms. The second kappa shape index (κ2) is 3.97. The van der Waals surface area contributed by atoms with Gasteiger partial charge in [-0.2, -0.15) is 5.10 Å². The Hall–Kier alpha value is -2.24. The van der Waals surface area contributed by atoms with Crippen LogP contribution in [-0.4, -0.2) is 30.8 Å². The fourth-order valence-corrected chi connectivity index (χ4v) is 1.66. The van der Waals surface area contributed by atoms with Gasteiger partial charge in [-0.3, -0.25) is 9.67 Å². The van der Waals surface area contributed by atoms with E-state index in [2.05, 4.69) is 15.1 Å². The number of rotatable bonds is 2. The third kappa shape index (κ3) is 1.89. The van der Waals surface area contributed by atoms with Gasteiger partial charge in [-0.1, -0.05) is 0 Å². The Balaban J connectivity index is 2.68. The molecule has 2 heterocycles. The fraction of sp³-hybridized carbons (Fsp3) is 0.273. The van der Waals surface area contributed by atoms with Crippen molar-refractivity contribution in [2.24, 2.45) is 7.05 Å². The van der Waals surface area contributed by atoms with Crippen LogP contribution in [-0.2, 0) is 7.05 Å². The van der Waals surface area contributed by atoms with Crippen LogP contribution in [0.15, 0.2) is 12.4 Å². The number of nitrogens with zero attached hydrogens (tertiary/aromatic N) is 4. The van der Waals surface area contributed by atoms with Crippen molar-refractivity contribution in [3.8, 4) is 11.3 Å². The zero-order valence-electron chi connectivity index (χ0n) is 9.80. The van der Waals surface area contributed by atoms with E-state index in [-0.39, 0.29) is 5.69 Å². The van der Waals surface area contributed by atoms with Crippen LogP contribution in [0.5, 0.6) is 0 Å². The number of aryl methyl sites for hydroxylation is 3. The topological polar surface area (TPSA) is 80.9 Å². The quantitative estimate of drug-likeness (QED) is 0.841. The fourth-order valence-electron chi connectivity index (χ4n) is 1.66. The van der Waals surface area contributed by atoms with E-state index >= 15 is 0 Å². The highest BCUT2D eigenvalue weighted by Crippen LogP contribution is 2.23. The van der Waals surface area contributed by atoms with Crippen molar-refractivity contribution in [1.82, 2.24) is 19.7 Å². The van der Waals surface area contributed by atoms with Gasteiger partial charge in [-0.05, 0) is 13.8 Å². The zero-order chi connectivity index (χ0) is 12.6. The zero-order valence-corrected chi connectivity index (χ0v) is 9.80. The first kappa shape index (κ1) is 11.3. The number of aromatic nitrogens is 4. The molecule has 0 radical (unpaired) electrons. The lowest BCUT2D eigenvalue weighted by molar-refractivity contribution is 0.0686. The van der Waals surface area contributed by atoms with Gasteiger partial charge in [0.2, 0.25) is 0 Å². The lowest BCUT2D eigenvalue weighted by Crippen LogP contribution is -2.08. The van der Waals surface area contributed by atoms with Gasteiger partial charge in [-0.25, -0.2) is 9.78 Å². The van der Waals surface area contributed by atoms with Crippen molar-refractivity contribution in [3.63, 3.8) is 0 Å². The maximum absolute atomic E-state index is 11.2. The van der Waals surface area contributed by atoms with Crippen LogP contribution < -0.4 is 0 Å². The van der Waals surface area contributed by atoms with E-state index in [1.807, 2.05) is 6.92 Å². The molecule has 0 saturated carbocycles. The van der Waals surface area contributed by atoms with Crippen LogP contribution >= 0.6 is 0 Å². The van der Waals surface area contributed by atoms with Gasteiger partial charge in [0, 0.05) is 13.2 Å². The van der Waals surface area contributed by atoms with Crippen molar-refractivity contribution in [1.29, 1.82) is 0 Å². The highest BCUT2D eigenvalue weighted by molar-refractivity contribution is 5.93. The molecule has 0 saturated heterocycles. The van der Waals surface area contributed by atoms with Crippen molar-refractivity contribution in [2.75, 3.05) is 0 Å². The number of aromatic carboxylic acids is 1. The first-order valence-electron chi connectivity index (χ1n) is 5.06. The van der Waals surface area contributed by atoms with E-state index in [0.29, 0.717) is 17.0 Å². The van der Waals surface area contributed by atoms with Crippen LogP contribution in [0.25, 0.3) is 11.3 Å². The maximum atomic E-state index is 11.2. The van der Waals surface area contributed by atoms with Gasteiger partial charge < -0.3 is 5.11 Å². The summed E-state index contributed by atoms with van der Waals surface area (Å²) in [6.07, 6.45) is 3.15. The number of carbonyl (C=O) groups is 1. The summed E-state index contributed by atoms with van der Waals surface area (Å²) in [6.45, 7) is 3.60. The molecule has 2 rings (SSSR count). The molecule has 0 bridgehead atoms. The monoisotopic (exact) mass is 232 g/mol. The Bertz CT molecular complexity index is 589. The summed E-state index contributed by atoms with van der Waals surface area (Å²) in [6, 6.07) is 0. The van der Waals surface area contributed by atoms with Gasteiger partial charge in [0.1, 0.15) is 0 Å². The molecule has 6 nitrogen and oxygen atoms in total. The second-order valence-electron chi connectivity index (χ2n) is 3.78. The Morgan fingerprint density at radius 1 is 1.35 bits per heavy atom. The molecule has 0 aromatic carbocycles. The van der Waals surface area contributed by atoms with Gasteiger partial charge in [0.05, 0.1) is 28.8 Å². The molecule has 0 amide bonds. The van der Waals surface area contributed by atoms with Crippen LogP contribution in [0.2, 0.25) is 0 Å². The minimum Gasteiger partial charge on any atom is -0.477 e. The number of hydrogen-bond acceptors (Lipinski definition) is 4. The average Bonchev–Trinajstić information content (AvgIpc) is 2.64. The van der Waals surface area contributed by atoms with Gasteiger partial charge in [0.25, 0.3) is 0 Å².